The number of methoxy groups -OCH3 is 1. The SMILES string of the molecule is COc1ccccc1/C(O)=C1/C(=O)C(=O)N(Cc2ccc(OC(C)(C)C)cc2)C1c1cccc(C)c1. The fraction of sp³-hybridized carbons (Fsp3) is 0.267. The molecule has 0 radical (unpaired) electrons. The van der Waals surface area contributed by atoms with Crippen molar-refractivity contribution in [3.8, 4) is 11.5 Å². The van der Waals surface area contributed by atoms with Crippen molar-refractivity contribution in [3.05, 3.63) is 101 Å². The van der Waals surface area contributed by atoms with E-state index in [4.69, 9.17) is 9.47 Å². The summed E-state index contributed by atoms with van der Waals surface area (Å²) in [5.41, 5.74) is 2.65. The van der Waals surface area contributed by atoms with Gasteiger partial charge in [0.25, 0.3) is 11.7 Å². The van der Waals surface area contributed by atoms with Crippen molar-refractivity contribution in [1.82, 2.24) is 4.90 Å². The molecule has 1 heterocycles. The molecular weight excluding hydrogens is 454 g/mol. The van der Waals surface area contributed by atoms with Crippen LogP contribution in [0.25, 0.3) is 5.76 Å². The minimum atomic E-state index is -0.750. The highest BCUT2D eigenvalue weighted by Crippen LogP contribution is 2.41. The Morgan fingerprint density at radius 1 is 0.972 bits per heavy atom. The molecule has 1 aliphatic rings. The van der Waals surface area contributed by atoms with Crippen LogP contribution >= 0.6 is 0 Å². The number of Topliss-reactive ketones (excluding diaryl/α,β-unsaturated/α-hetero) is 1. The van der Waals surface area contributed by atoms with Crippen LogP contribution in [0.3, 0.4) is 0 Å². The molecule has 6 nitrogen and oxygen atoms in total. The summed E-state index contributed by atoms with van der Waals surface area (Å²) in [5, 5.41) is 11.3. The molecule has 1 amide bonds. The highest BCUT2D eigenvalue weighted by Gasteiger charge is 2.46. The number of ether oxygens (including phenoxy) is 2. The average Bonchev–Trinajstić information content (AvgIpc) is 3.09. The van der Waals surface area contributed by atoms with Gasteiger partial charge in [-0.3, -0.25) is 9.59 Å². The first-order chi connectivity index (χ1) is 17.1. The van der Waals surface area contributed by atoms with Gasteiger partial charge in [0.1, 0.15) is 22.9 Å². The standard InChI is InChI=1S/C30H31NO5/c1-19-9-8-10-21(17-19)26-25(27(32)23-11-6-7-12-24(23)35-5)28(33)29(34)31(26)18-20-13-15-22(16-14-20)36-30(2,3)4/h6-17,26,32H,18H2,1-5H3/b27-25-. The van der Waals surface area contributed by atoms with E-state index in [0.717, 1.165) is 22.4 Å². The average molecular weight is 486 g/mol. The van der Waals surface area contributed by atoms with Crippen LogP contribution in [-0.4, -0.2) is 34.4 Å². The second-order valence-electron chi connectivity index (χ2n) is 9.90. The van der Waals surface area contributed by atoms with E-state index >= 15 is 0 Å². The fourth-order valence-corrected chi connectivity index (χ4v) is 4.43. The molecule has 1 aliphatic heterocycles. The lowest BCUT2D eigenvalue weighted by atomic mass is 9.94. The van der Waals surface area contributed by atoms with Gasteiger partial charge in [-0.25, -0.2) is 0 Å². The highest BCUT2D eigenvalue weighted by molar-refractivity contribution is 6.46. The van der Waals surface area contributed by atoms with E-state index in [9.17, 15) is 14.7 Å². The molecule has 0 aliphatic carbocycles. The maximum Gasteiger partial charge on any atom is 0.295 e. The van der Waals surface area contributed by atoms with Crippen molar-refractivity contribution >= 4 is 17.4 Å². The third kappa shape index (κ3) is 5.13. The van der Waals surface area contributed by atoms with E-state index in [1.165, 1.54) is 12.0 Å². The van der Waals surface area contributed by atoms with Crippen LogP contribution in [-0.2, 0) is 16.1 Å². The topological polar surface area (TPSA) is 76.1 Å². The zero-order chi connectivity index (χ0) is 26.0. The van der Waals surface area contributed by atoms with Gasteiger partial charge in [0.15, 0.2) is 0 Å². The van der Waals surface area contributed by atoms with Crippen LogP contribution in [0.1, 0.15) is 49.1 Å². The molecule has 3 aromatic carbocycles. The molecule has 0 aromatic heterocycles. The summed E-state index contributed by atoms with van der Waals surface area (Å²) >= 11 is 0. The van der Waals surface area contributed by atoms with E-state index in [-0.39, 0.29) is 23.5 Å². The number of nitrogens with zero attached hydrogens (tertiary/aromatic N) is 1. The first-order valence-corrected chi connectivity index (χ1v) is 11.9. The lowest BCUT2D eigenvalue weighted by molar-refractivity contribution is -0.140. The number of aliphatic hydroxyl groups is 1. The molecule has 1 fully saturated rings. The molecule has 36 heavy (non-hydrogen) atoms. The normalized spacial score (nSPS) is 17.4. The largest absolute Gasteiger partial charge is 0.507 e. The Bertz CT molecular complexity index is 1320. The summed E-state index contributed by atoms with van der Waals surface area (Å²) in [6, 6.07) is 21.2. The molecule has 4 rings (SSSR count). The number of aliphatic hydroxyl groups excluding tert-OH is 1. The lowest BCUT2D eigenvalue weighted by Gasteiger charge is -2.26. The van der Waals surface area contributed by atoms with E-state index in [1.807, 2.05) is 76.2 Å². The number of aryl methyl sites for hydroxylation is 1. The van der Waals surface area contributed by atoms with Gasteiger partial charge in [-0.1, -0.05) is 54.1 Å². The zero-order valence-electron chi connectivity index (χ0n) is 21.2. The molecule has 0 bridgehead atoms. The number of likely N-dealkylation sites (tertiary alicyclic amines) is 1. The van der Waals surface area contributed by atoms with Gasteiger partial charge in [-0.05, 0) is 63.1 Å². The third-order valence-electron chi connectivity index (χ3n) is 5.96. The van der Waals surface area contributed by atoms with Crippen LogP contribution in [0.5, 0.6) is 11.5 Å². The van der Waals surface area contributed by atoms with Crippen molar-refractivity contribution in [2.24, 2.45) is 0 Å². The number of rotatable bonds is 6. The summed E-state index contributed by atoms with van der Waals surface area (Å²) in [5.74, 6) is -0.502. The minimum absolute atomic E-state index is 0.0442. The van der Waals surface area contributed by atoms with Gasteiger partial charge in [0.05, 0.1) is 24.3 Å². The summed E-state index contributed by atoms with van der Waals surface area (Å²) in [7, 11) is 1.50. The van der Waals surface area contributed by atoms with Crippen LogP contribution in [0.4, 0.5) is 0 Å². The monoisotopic (exact) mass is 485 g/mol. The van der Waals surface area contributed by atoms with Crippen LogP contribution in [0, 0.1) is 6.92 Å². The number of ketones is 1. The highest BCUT2D eigenvalue weighted by atomic mass is 16.5. The van der Waals surface area contributed by atoms with E-state index in [1.54, 1.807) is 24.3 Å². The Kier molecular flexibility index (Phi) is 6.88. The Balaban J connectivity index is 1.79. The number of hydrogen-bond acceptors (Lipinski definition) is 5. The smallest absolute Gasteiger partial charge is 0.295 e. The molecule has 0 saturated carbocycles. The Hall–Kier alpha value is -4.06. The molecule has 1 saturated heterocycles. The van der Waals surface area contributed by atoms with Gasteiger partial charge in [0, 0.05) is 6.54 Å². The molecular formula is C30H31NO5. The Labute approximate surface area is 211 Å². The van der Waals surface area contributed by atoms with E-state index in [2.05, 4.69) is 0 Å². The first-order valence-electron chi connectivity index (χ1n) is 11.9. The Morgan fingerprint density at radius 3 is 2.31 bits per heavy atom. The molecule has 1 atom stereocenters. The second kappa shape index (κ2) is 9.90. The molecule has 3 aromatic rings. The van der Waals surface area contributed by atoms with Gasteiger partial charge < -0.3 is 19.5 Å². The number of benzene rings is 3. The maximum atomic E-state index is 13.3. The minimum Gasteiger partial charge on any atom is -0.507 e. The second-order valence-corrected chi connectivity index (χ2v) is 9.90. The summed E-state index contributed by atoms with van der Waals surface area (Å²) in [6.07, 6.45) is 0. The Morgan fingerprint density at radius 2 is 1.67 bits per heavy atom. The zero-order valence-corrected chi connectivity index (χ0v) is 21.2. The van der Waals surface area contributed by atoms with Crippen molar-refractivity contribution in [2.75, 3.05) is 7.11 Å². The van der Waals surface area contributed by atoms with Crippen molar-refractivity contribution < 1.29 is 24.2 Å². The lowest BCUT2D eigenvalue weighted by Crippen LogP contribution is -2.29. The van der Waals surface area contributed by atoms with Crippen molar-refractivity contribution in [2.45, 2.75) is 45.9 Å². The molecule has 1 N–H and O–H groups in total. The predicted octanol–water partition coefficient (Wildman–Crippen LogP) is 5.80. The number of carbonyl (C=O) groups excluding carboxylic acids is 2. The number of carbonyl (C=O) groups is 2. The summed E-state index contributed by atoms with van der Waals surface area (Å²) in [6.45, 7) is 8.07. The van der Waals surface area contributed by atoms with Crippen LogP contribution < -0.4 is 9.47 Å². The quantitative estimate of drug-likeness (QED) is 0.271. The van der Waals surface area contributed by atoms with E-state index in [0.29, 0.717) is 11.3 Å². The van der Waals surface area contributed by atoms with Crippen molar-refractivity contribution in [3.63, 3.8) is 0 Å². The van der Waals surface area contributed by atoms with Gasteiger partial charge in [-0.2, -0.15) is 0 Å². The first kappa shape index (κ1) is 25.0. The summed E-state index contributed by atoms with van der Waals surface area (Å²) in [4.78, 5) is 28.2. The van der Waals surface area contributed by atoms with Crippen LogP contribution in [0.15, 0.2) is 78.4 Å². The fourth-order valence-electron chi connectivity index (χ4n) is 4.43. The number of amides is 1. The third-order valence-corrected chi connectivity index (χ3v) is 5.96. The van der Waals surface area contributed by atoms with Crippen LogP contribution in [0.2, 0.25) is 0 Å². The molecule has 0 spiro atoms. The molecule has 6 heteroatoms. The van der Waals surface area contributed by atoms with Gasteiger partial charge in [-0.15, -0.1) is 0 Å². The van der Waals surface area contributed by atoms with Crippen molar-refractivity contribution in [1.29, 1.82) is 0 Å². The molecule has 1 unspecified atom stereocenters. The number of hydrogen-bond donors (Lipinski definition) is 1. The van der Waals surface area contributed by atoms with E-state index < -0.39 is 17.7 Å². The summed E-state index contributed by atoms with van der Waals surface area (Å²) < 4.78 is 11.3. The number of para-hydroxylation sites is 1. The maximum absolute atomic E-state index is 13.3. The van der Waals surface area contributed by atoms with Gasteiger partial charge in [0.2, 0.25) is 0 Å². The van der Waals surface area contributed by atoms with Gasteiger partial charge >= 0.3 is 0 Å². The molecule has 186 valence electrons. The predicted molar refractivity (Wildman–Crippen MR) is 139 cm³/mol.